The van der Waals surface area contributed by atoms with E-state index in [1.807, 2.05) is 41.2 Å². The molecule has 0 aliphatic carbocycles. The topological polar surface area (TPSA) is 25.2 Å². The monoisotopic (exact) mass is 313 g/mol. The number of hydrogen-bond donors (Lipinski definition) is 1. The number of rotatable bonds is 3. The van der Waals surface area contributed by atoms with Crippen molar-refractivity contribution in [1.82, 2.24) is 4.57 Å². The molecule has 1 unspecified atom stereocenters. The van der Waals surface area contributed by atoms with E-state index in [0.717, 1.165) is 20.6 Å². The van der Waals surface area contributed by atoms with Crippen molar-refractivity contribution in [2.24, 2.45) is 0 Å². The van der Waals surface area contributed by atoms with E-state index < -0.39 is 6.10 Å². The Kier molecular flexibility index (Phi) is 3.92. The maximum Gasteiger partial charge on any atom is 0.0776 e. The van der Waals surface area contributed by atoms with E-state index in [9.17, 15) is 5.11 Å². The molecule has 0 aliphatic rings. The maximum absolute atomic E-state index is 9.45. The highest BCUT2D eigenvalue weighted by Gasteiger charge is 2.05. The van der Waals surface area contributed by atoms with Crippen LogP contribution in [0.4, 0.5) is 0 Å². The zero-order valence-electron chi connectivity index (χ0n) is 9.40. The van der Waals surface area contributed by atoms with Gasteiger partial charge in [-0.15, -0.1) is 0 Å². The van der Waals surface area contributed by atoms with Gasteiger partial charge in [0.2, 0.25) is 0 Å². The molecule has 0 bridgehead atoms. The van der Waals surface area contributed by atoms with Crippen LogP contribution in [0.3, 0.4) is 0 Å². The molecule has 2 nitrogen and oxygen atoms in total. The van der Waals surface area contributed by atoms with Crippen LogP contribution in [0.5, 0.6) is 0 Å². The zero-order chi connectivity index (χ0) is 12.4. The zero-order valence-corrected chi connectivity index (χ0v) is 11.7. The Balaban J connectivity index is 2.19. The van der Waals surface area contributed by atoms with Crippen LogP contribution in [0, 0.1) is 0 Å². The smallest absolute Gasteiger partial charge is 0.0776 e. The third-order valence-corrected chi connectivity index (χ3v) is 3.47. The molecule has 17 heavy (non-hydrogen) atoms. The number of aliphatic hydroxyl groups excluding tert-OH is 1. The van der Waals surface area contributed by atoms with Crippen LogP contribution in [0.2, 0.25) is 5.02 Å². The molecular weight excluding hydrogens is 302 g/mol. The Hall–Kier alpha value is -0.770. The van der Waals surface area contributed by atoms with E-state index in [1.54, 1.807) is 6.92 Å². The van der Waals surface area contributed by atoms with E-state index in [1.165, 1.54) is 0 Å². The third-order valence-electron chi connectivity index (χ3n) is 2.62. The fraction of sp³-hybridized carbons (Fsp3) is 0.231. The summed E-state index contributed by atoms with van der Waals surface area (Å²) < 4.78 is 2.99. The molecule has 0 saturated carbocycles. The van der Waals surface area contributed by atoms with Crippen molar-refractivity contribution in [3.63, 3.8) is 0 Å². The Morgan fingerprint density at radius 1 is 1.41 bits per heavy atom. The van der Waals surface area contributed by atoms with Gasteiger partial charge in [0.1, 0.15) is 0 Å². The molecule has 1 heterocycles. The molecule has 2 aromatic rings. The highest BCUT2D eigenvalue weighted by molar-refractivity contribution is 9.10. The number of aromatic nitrogens is 1. The van der Waals surface area contributed by atoms with Crippen molar-refractivity contribution in [2.45, 2.75) is 19.6 Å². The molecule has 1 atom stereocenters. The van der Waals surface area contributed by atoms with Crippen LogP contribution < -0.4 is 0 Å². The lowest BCUT2D eigenvalue weighted by atomic mass is 10.2. The van der Waals surface area contributed by atoms with Gasteiger partial charge in [-0.2, -0.15) is 0 Å². The molecule has 0 radical (unpaired) electrons. The van der Waals surface area contributed by atoms with Gasteiger partial charge in [0.15, 0.2) is 0 Å². The SMILES string of the molecule is CC(O)c1ccn(Cc2ccc(Br)cc2Cl)c1. The molecule has 0 aliphatic heterocycles. The molecule has 90 valence electrons. The van der Waals surface area contributed by atoms with E-state index >= 15 is 0 Å². The third kappa shape index (κ3) is 3.12. The highest BCUT2D eigenvalue weighted by Crippen LogP contribution is 2.22. The lowest BCUT2D eigenvalue weighted by molar-refractivity contribution is 0.199. The fourth-order valence-electron chi connectivity index (χ4n) is 1.65. The number of benzene rings is 1. The van der Waals surface area contributed by atoms with Gasteiger partial charge in [0.25, 0.3) is 0 Å². The standard InChI is InChI=1S/C13H13BrClNO/c1-9(17)10-4-5-16(7-10)8-11-2-3-12(14)6-13(11)15/h2-7,9,17H,8H2,1H3. The summed E-state index contributed by atoms with van der Waals surface area (Å²) in [6.07, 6.45) is 3.44. The van der Waals surface area contributed by atoms with Crippen LogP contribution in [0.25, 0.3) is 0 Å². The number of halogens is 2. The number of aliphatic hydroxyl groups is 1. The Bertz CT molecular complexity index is 522. The van der Waals surface area contributed by atoms with Crippen LogP contribution in [-0.4, -0.2) is 9.67 Å². The fourth-order valence-corrected chi connectivity index (χ4v) is 2.38. The molecular formula is C13H13BrClNO. The Morgan fingerprint density at radius 2 is 2.18 bits per heavy atom. The van der Waals surface area contributed by atoms with Crippen LogP contribution >= 0.6 is 27.5 Å². The molecule has 0 amide bonds. The Labute approximate surface area is 114 Å². The number of hydrogen-bond acceptors (Lipinski definition) is 1. The molecule has 1 aromatic carbocycles. The van der Waals surface area contributed by atoms with Gasteiger partial charge in [-0.05, 0) is 36.2 Å². The minimum atomic E-state index is -0.434. The van der Waals surface area contributed by atoms with Gasteiger partial charge in [0.05, 0.1) is 6.10 Å². The second kappa shape index (κ2) is 5.25. The quantitative estimate of drug-likeness (QED) is 0.910. The van der Waals surface area contributed by atoms with Gasteiger partial charge < -0.3 is 9.67 Å². The minimum Gasteiger partial charge on any atom is -0.389 e. The Morgan fingerprint density at radius 3 is 2.76 bits per heavy atom. The summed E-state index contributed by atoms with van der Waals surface area (Å²) in [6, 6.07) is 7.77. The molecule has 0 saturated heterocycles. The molecule has 1 N–H and O–H groups in total. The van der Waals surface area contributed by atoms with Crippen molar-refractivity contribution in [3.05, 3.63) is 57.3 Å². The first-order valence-corrected chi connectivity index (χ1v) is 6.51. The summed E-state index contributed by atoms with van der Waals surface area (Å²) in [5.74, 6) is 0. The molecule has 0 spiro atoms. The first kappa shape index (κ1) is 12.7. The summed E-state index contributed by atoms with van der Waals surface area (Å²) in [7, 11) is 0. The molecule has 0 fully saturated rings. The van der Waals surface area contributed by atoms with Crippen molar-refractivity contribution < 1.29 is 5.11 Å². The van der Waals surface area contributed by atoms with Gasteiger partial charge >= 0.3 is 0 Å². The van der Waals surface area contributed by atoms with E-state index in [-0.39, 0.29) is 0 Å². The number of nitrogens with zero attached hydrogens (tertiary/aromatic N) is 1. The van der Waals surface area contributed by atoms with Gasteiger partial charge in [-0.25, -0.2) is 0 Å². The van der Waals surface area contributed by atoms with Gasteiger partial charge in [-0.1, -0.05) is 33.6 Å². The normalized spacial score (nSPS) is 12.7. The van der Waals surface area contributed by atoms with Crippen molar-refractivity contribution >= 4 is 27.5 Å². The van der Waals surface area contributed by atoms with E-state index in [2.05, 4.69) is 15.9 Å². The lowest BCUT2D eigenvalue weighted by Gasteiger charge is -2.06. The minimum absolute atomic E-state index is 0.434. The van der Waals surface area contributed by atoms with Crippen molar-refractivity contribution in [1.29, 1.82) is 0 Å². The molecule has 1 aromatic heterocycles. The van der Waals surface area contributed by atoms with Crippen LogP contribution in [0.15, 0.2) is 41.1 Å². The lowest BCUT2D eigenvalue weighted by Crippen LogP contribution is -1.97. The first-order chi connectivity index (χ1) is 8.06. The van der Waals surface area contributed by atoms with Crippen LogP contribution in [-0.2, 0) is 6.54 Å². The van der Waals surface area contributed by atoms with Crippen molar-refractivity contribution in [2.75, 3.05) is 0 Å². The van der Waals surface area contributed by atoms with E-state index in [4.69, 9.17) is 11.6 Å². The second-order valence-corrected chi connectivity index (χ2v) is 5.35. The summed E-state index contributed by atoms with van der Waals surface area (Å²) in [5.41, 5.74) is 1.97. The summed E-state index contributed by atoms with van der Waals surface area (Å²) in [4.78, 5) is 0. The maximum atomic E-state index is 9.45. The highest BCUT2D eigenvalue weighted by atomic mass is 79.9. The average molecular weight is 315 g/mol. The van der Waals surface area contributed by atoms with E-state index in [0.29, 0.717) is 6.54 Å². The van der Waals surface area contributed by atoms with Crippen LogP contribution in [0.1, 0.15) is 24.2 Å². The predicted molar refractivity (Wildman–Crippen MR) is 73.3 cm³/mol. The average Bonchev–Trinajstić information content (AvgIpc) is 2.71. The summed E-state index contributed by atoms with van der Waals surface area (Å²) >= 11 is 9.54. The van der Waals surface area contributed by atoms with Gasteiger partial charge in [0, 0.05) is 28.4 Å². The molecule has 4 heteroatoms. The summed E-state index contributed by atoms with van der Waals surface area (Å²) in [6.45, 7) is 2.46. The second-order valence-electron chi connectivity index (χ2n) is 4.03. The summed E-state index contributed by atoms with van der Waals surface area (Å²) in [5, 5.41) is 10.2. The van der Waals surface area contributed by atoms with Crippen molar-refractivity contribution in [3.8, 4) is 0 Å². The van der Waals surface area contributed by atoms with Gasteiger partial charge in [-0.3, -0.25) is 0 Å². The largest absolute Gasteiger partial charge is 0.389 e. The molecule has 2 rings (SSSR count). The predicted octanol–water partition coefficient (Wildman–Crippen LogP) is 4.01. The first-order valence-electron chi connectivity index (χ1n) is 5.34.